The molecule has 1 N–H and O–H groups in total. The number of anilines is 2. The van der Waals surface area contributed by atoms with Gasteiger partial charge in [0.25, 0.3) is 0 Å². The lowest BCUT2D eigenvalue weighted by Gasteiger charge is -2.37. The maximum Gasteiger partial charge on any atom is 0.234 e. The average molecular weight is 456 g/mol. The number of amides is 1. The van der Waals surface area contributed by atoms with Crippen molar-refractivity contribution in [3.8, 4) is 11.5 Å². The van der Waals surface area contributed by atoms with Gasteiger partial charge in [-0.05, 0) is 44.2 Å². The number of hydrogen-bond acceptors (Lipinski definition) is 6. The molecule has 4 rings (SSSR count). The normalized spacial score (nSPS) is 18.5. The smallest absolute Gasteiger partial charge is 0.234 e. The molecular weight excluding hydrogens is 429 g/mol. The fourth-order valence-corrected chi connectivity index (χ4v) is 4.45. The van der Waals surface area contributed by atoms with Gasteiger partial charge in [-0.1, -0.05) is 18.2 Å². The molecule has 32 heavy (non-hydrogen) atoms. The third kappa shape index (κ3) is 5.69. The van der Waals surface area contributed by atoms with Crippen LogP contribution in [0, 0.1) is 5.82 Å². The molecule has 1 aliphatic heterocycles. The van der Waals surface area contributed by atoms with E-state index in [1.165, 1.54) is 17.8 Å². The van der Waals surface area contributed by atoms with Gasteiger partial charge in [0.2, 0.25) is 11.8 Å². The van der Waals surface area contributed by atoms with Gasteiger partial charge < -0.3 is 19.4 Å². The molecule has 1 saturated heterocycles. The topological polar surface area (TPSA) is 67.6 Å². The minimum atomic E-state index is -0.354. The molecule has 1 fully saturated rings. The van der Waals surface area contributed by atoms with Gasteiger partial charge in [0, 0.05) is 30.1 Å². The highest BCUT2D eigenvalue weighted by Gasteiger charge is 2.24. The van der Waals surface area contributed by atoms with Crippen LogP contribution < -0.4 is 10.2 Å². The number of oxazole rings is 1. The van der Waals surface area contributed by atoms with Crippen LogP contribution in [0.5, 0.6) is 0 Å². The first-order chi connectivity index (χ1) is 15.5. The van der Waals surface area contributed by atoms with E-state index in [0.717, 1.165) is 11.3 Å². The second kappa shape index (κ2) is 10.2. The lowest BCUT2D eigenvalue weighted by atomic mass is 10.2. The molecule has 1 aromatic heterocycles. The predicted molar refractivity (Wildman–Crippen MR) is 125 cm³/mol. The Hall–Kier alpha value is -2.84. The highest BCUT2D eigenvalue weighted by Crippen LogP contribution is 2.26. The summed E-state index contributed by atoms with van der Waals surface area (Å²) >= 11 is 1.42. The van der Waals surface area contributed by atoms with Crippen molar-refractivity contribution >= 4 is 29.0 Å². The zero-order valence-electron chi connectivity index (χ0n) is 18.1. The third-order valence-corrected chi connectivity index (χ3v) is 6.01. The number of hydrogen-bond donors (Lipinski definition) is 1. The molecule has 3 aromatic rings. The lowest BCUT2D eigenvalue weighted by Crippen LogP contribution is -2.45. The number of thioether (sulfide) groups is 1. The summed E-state index contributed by atoms with van der Waals surface area (Å²) in [7, 11) is 0. The highest BCUT2D eigenvalue weighted by molar-refractivity contribution is 7.99. The Bertz CT molecular complexity index is 1050. The van der Waals surface area contributed by atoms with E-state index in [1.54, 1.807) is 18.4 Å². The number of rotatable bonds is 7. The zero-order valence-corrected chi connectivity index (χ0v) is 18.9. The van der Waals surface area contributed by atoms with Crippen molar-refractivity contribution in [2.45, 2.75) is 31.8 Å². The molecule has 2 unspecified atom stereocenters. The molecule has 0 saturated carbocycles. The number of morpholine rings is 1. The first kappa shape index (κ1) is 22.4. The third-order valence-electron chi connectivity index (χ3n) is 5.05. The van der Waals surface area contributed by atoms with E-state index < -0.39 is 0 Å². The standard InChI is InChI=1S/C24H26FN3O3S/c1-16-11-28(12-17(2)31-16)22-9-8-19(10-21(22)25)26-23(29)15-32-14-20-13-30-24(27-20)18-6-4-3-5-7-18/h3-10,13,16-17H,11-12,14-15H2,1-2H3,(H,26,29). The quantitative estimate of drug-likeness (QED) is 0.543. The zero-order chi connectivity index (χ0) is 22.5. The van der Waals surface area contributed by atoms with Crippen LogP contribution in [0.3, 0.4) is 0 Å². The van der Waals surface area contributed by atoms with Crippen molar-refractivity contribution in [3.05, 3.63) is 66.3 Å². The number of ether oxygens (including phenoxy) is 1. The molecule has 6 nitrogen and oxygen atoms in total. The summed E-state index contributed by atoms with van der Waals surface area (Å²) in [6.07, 6.45) is 1.69. The van der Waals surface area contributed by atoms with Crippen molar-refractivity contribution in [1.82, 2.24) is 4.98 Å². The summed E-state index contributed by atoms with van der Waals surface area (Å²) < 4.78 is 25.9. The van der Waals surface area contributed by atoms with Crippen LogP contribution in [0.4, 0.5) is 15.8 Å². The minimum absolute atomic E-state index is 0.0445. The van der Waals surface area contributed by atoms with Crippen LogP contribution in [0.1, 0.15) is 19.5 Å². The van der Waals surface area contributed by atoms with Gasteiger partial charge >= 0.3 is 0 Å². The Labute approximate surface area is 191 Å². The fraction of sp³-hybridized carbons (Fsp3) is 0.333. The fourth-order valence-electron chi connectivity index (χ4n) is 3.75. The molecule has 8 heteroatoms. The summed E-state index contributed by atoms with van der Waals surface area (Å²) in [6.45, 7) is 5.23. The van der Waals surface area contributed by atoms with Crippen LogP contribution >= 0.6 is 11.8 Å². The van der Waals surface area contributed by atoms with Crippen LogP contribution in [-0.4, -0.2) is 41.9 Å². The summed E-state index contributed by atoms with van der Waals surface area (Å²) in [6, 6.07) is 14.5. The van der Waals surface area contributed by atoms with Gasteiger partial charge in [0.05, 0.1) is 29.3 Å². The average Bonchev–Trinajstić information content (AvgIpc) is 3.23. The van der Waals surface area contributed by atoms with E-state index in [9.17, 15) is 9.18 Å². The molecule has 0 aliphatic carbocycles. The van der Waals surface area contributed by atoms with Gasteiger partial charge in [0.15, 0.2) is 0 Å². The lowest BCUT2D eigenvalue weighted by molar-refractivity contribution is -0.113. The van der Waals surface area contributed by atoms with E-state index >= 15 is 0 Å². The molecule has 2 heterocycles. The van der Waals surface area contributed by atoms with Crippen LogP contribution in [0.2, 0.25) is 0 Å². The minimum Gasteiger partial charge on any atom is -0.444 e. The Morgan fingerprint density at radius 2 is 1.94 bits per heavy atom. The first-order valence-corrected chi connectivity index (χ1v) is 11.7. The molecule has 2 aromatic carbocycles. The maximum atomic E-state index is 14.7. The van der Waals surface area contributed by atoms with E-state index in [1.807, 2.05) is 49.1 Å². The number of halogens is 1. The van der Waals surface area contributed by atoms with Gasteiger partial charge in [0.1, 0.15) is 12.1 Å². The van der Waals surface area contributed by atoms with E-state index in [2.05, 4.69) is 10.3 Å². The SMILES string of the molecule is CC1CN(c2ccc(NC(=O)CSCc3coc(-c4ccccc4)n3)cc2F)CC(C)O1. The summed E-state index contributed by atoms with van der Waals surface area (Å²) in [5.74, 6) is 0.792. The van der Waals surface area contributed by atoms with Crippen LogP contribution in [-0.2, 0) is 15.3 Å². The van der Waals surface area contributed by atoms with Crippen molar-refractivity contribution in [2.75, 3.05) is 29.1 Å². The summed E-state index contributed by atoms with van der Waals surface area (Å²) in [4.78, 5) is 18.7. The second-order valence-corrected chi connectivity index (χ2v) is 8.87. The largest absolute Gasteiger partial charge is 0.444 e. The van der Waals surface area contributed by atoms with E-state index in [4.69, 9.17) is 9.15 Å². The monoisotopic (exact) mass is 455 g/mol. The molecule has 2 atom stereocenters. The Balaban J connectivity index is 1.27. The van der Waals surface area contributed by atoms with Gasteiger partial charge in [-0.15, -0.1) is 11.8 Å². The number of nitrogens with one attached hydrogen (secondary N) is 1. The number of benzene rings is 2. The van der Waals surface area contributed by atoms with Crippen molar-refractivity contribution in [1.29, 1.82) is 0 Å². The number of carbonyl (C=O) groups is 1. The van der Waals surface area contributed by atoms with E-state index in [0.29, 0.717) is 36.1 Å². The number of nitrogens with zero attached hydrogens (tertiary/aromatic N) is 2. The second-order valence-electron chi connectivity index (χ2n) is 7.88. The van der Waals surface area contributed by atoms with Gasteiger partial charge in [-0.3, -0.25) is 4.79 Å². The molecule has 1 aliphatic rings. The van der Waals surface area contributed by atoms with Crippen LogP contribution in [0.25, 0.3) is 11.5 Å². The van der Waals surface area contributed by atoms with Crippen LogP contribution in [0.15, 0.2) is 59.2 Å². The van der Waals surface area contributed by atoms with Crippen molar-refractivity contribution in [3.63, 3.8) is 0 Å². The molecule has 0 spiro atoms. The summed E-state index contributed by atoms with van der Waals surface area (Å²) in [5, 5.41) is 2.76. The number of carbonyl (C=O) groups excluding carboxylic acids is 1. The van der Waals surface area contributed by atoms with Gasteiger partial charge in [-0.2, -0.15) is 0 Å². The highest BCUT2D eigenvalue weighted by atomic mass is 32.2. The molecule has 168 valence electrons. The molecule has 0 radical (unpaired) electrons. The molecular formula is C24H26FN3O3S. The first-order valence-electron chi connectivity index (χ1n) is 10.6. The van der Waals surface area contributed by atoms with Gasteiger partial charge in [-0.25, -0.2) is 9.37 Å². The Kier molecular flexibility index (Phi) is 7.12. The Morgan fingerprint density at radius 1 is 1.19 bits per heavy atom. The number of aromatic nitrogens is 1. The molecule has 1 amide bonds. The molecule has 0 bridgehead atoms. The Morgan fingerprint density at radius 3 is 2.66 bits per heavy atom. The predicted octanol–water partition coefficient (Wildman–Crippen LogP) is 4.97. The van der Waals surface area contributed by atoms with E-state index in [-0.39, 0.29) is 29.7 Å². The summed E-state index contributed by atoms with van der Waals surface area (Å²) in [5.41, 5.74) is 2.65. The van der Waals surface area contributed by atoms with Crippen molar-refractivity contribution < 1.29 is 18.3 Å². The van der Waals surface area contributed by atoms with Crippen molar-refractivity contribution in [2.24, 2.45) is 0 Å². The maximum absolute atomic E-state index is 14.7.